The molecule has 2 N–H and O–H groups in total. The third-order valence-corrected chi connectivity index (χ3v) is 12.7. The average Bonchev–Trinajstić information content (AvgIpc) is 3.32. The van der Waals surface area contributed by atoms with Crippen molar-refractivity contribution < 1.29 is 37.3 Å². The minimum Gasteiger partial charge on any atom is -0.456 e. The first-order valence-electron chi connectivity index (χ1n) is 28.1. The molecule has 0 aromatic carbocycles. The lowest BCUT2D eigenvalue weighted by Gasteiger charge is -2.27. The molecule has 0 radical (unpaired) electrons. The summed E-state index contributed by atoms with van der Waals surface area (Å²) in [6.07, 6.45) is 65.5. The number of quaternary nitrogens is 1. The fourth-order valence-electron chi connectivity index (χ4n) is 7.41. The van der Waals surface area contributed by atoms with E-state index in [1.54, 1.807) is 0 Å². The fraction of sp³-hybridized carbons (Fsp3) is 0.700. The van der Waals surface area contributed by atoms with Crippen LogP contribution in [0.5, 0.6) is 0 Å². The quantitative estimate of drug-likeness (QED) is 0.0205. The van der Waals surface area contributed by atoms with Gasteiger partial charge in [-0.3, -0.25) is 18.6 Å². The highest BCUT2D eigenvalue weighted by molar-refractivity contribution is 7.47. The van der Waals surface area contributed by atoms with Crippen LogP contribution in [0.3, 0.4) is 0 Å². The van der Waals surface area contributed by atoms with Crippen LogP contribution in [0.15, 0.2) is 97.2 Å². The van der Waals surface area contributed by atoms with Crippen molar-refractivity contribution in [2.75, 3.05) is 40.9 Å². The maximum Gasteiger partial charge on any atom is 0.472 e. The molecule has 3 unspecified atom stereocenters. The van der Waals surface area contributed by atoms with E-state index < -0.39 is 20.0 Å². The van der Waals surface area contributed by atoms with Crippen molar-refractivity contribution in [1.82, 2.24) is 5.32 Å². The molecule has 0 aromatic rings. The molecular formula is C60H106N2O7P+. The lowest BCUT2D eigenvalue weighted by Crippen LogP contribution is -2.47. The predicted molar refractivity (Wildman–Crippen MR) is 300 cm³/mol. The maximum atomic E-state index is 13.5. The van der Waals surface area contributed by atoms with E-state index in [1.807, 2.05) is 33.3 Å². The summed E-state index contributed by atoms with van der Waals surface area (Å²) in [6.45, 7) is 6.80. The van der Waals surface area contributed by atoms with E-state index in [4.69, 9.17) is 13.8 Å². The van der Waals surface area contributed by atoms with Crippen LogP contribution in [0, 0.1) is 0 Å². The number of amides is 1. The Morgan fingerprint density at radius 2 is 0.914 bits per heavy atom. The van der Waals surface area contributed by atoms with E-state index in [0.717, 1.165) is 103 Å². The van der Waals surface area contributed by atoms with Gasteiger partial charge in [-0.1, -0.05) is 195 Å². The number of carbonyl (C=O) groups is 2. The summed E-state index contributed by atoms with van der Waals surface area (Å²) in [5.74, 6) is -0.576. The molecule has 0 heterocycles. The van der Waals surface area contributed by atoms with Crippen molar-refractivity contribution in [3.63, 3.8) is 0 Å². The summed E-state index contributed by atoms with van der Waals surface area (Å²) >= 11 is 0. The molecule has 3 atom stereocenters. The lowest BCUT2D eigenvalue weighted by molar-refractivity contribution is -0.870. The Balaban J connectivity index is 5.43. The van der Waals surface area contributed by atoms with Gasteiger partial charge < -0.3 is 19.4 Å². The van der Waals surface area contributed by atoms with Crippen LogP contribution in [0.1, 0.15) is 220 Å². The summed E-state index contributed by atoms with van der Waals surface area (Å²) in [6, 6.07) is -0.877. The highest BCUT2D eigenvalue weighted by Crippen LogP contribution is 2.43. The second kappa shape index (κ2) is 49.5. The minimum atomic E-state index is -4.46. The Morgan fingerprint density at radius 1 is 0.514 bits per heavy atom. The molecule has 0 fully saturated rings. The van der Waals surface area contributed by atoms with Crippen LogP contribution in [-0.4, -0.2) is 74.3 Å². The van der Waals surface area contributed by atoms with Crippen molar-refractivity contribution in [3.8, 4) is 0 Å². The van der Waals surface area contributed by atoms with Gasteiger partial charge in [-0.25, -0.2) is 4.57 Å². The minimum absolute atomic E-state index is 0.0254. The second-order valence-electron chi connectivity index (χ2n) is 19.7. The number of nitrogens with one attached hydrogen (secondary N) is 1. The highest BCUT2D eigenvalue weighted by atomic mass is 31.2. The second-order valence-corrected chi connectivity index (χ2v) is 21.2. The zero-order chi connectivity index (χ0) is 51.5. The molecule has 1 amide bonds. The van der Waals surface area contributed by atoms with Crippen molar-refractivity contribution in [2.45, 2.75) is 232 Å². The van der Waals surface area contributed by atoms with Gasteiger partial charge in [-0.05, 0) is 109 Å². The van der Waals surface area contributed by atoms with E-state index in [2.05, 4.69) is 111 Å². The summed E-state index contributed by atoms with van der Waals surface area (Å²) in [4.78, 5) is 37.5. The number of phosphoric acid groups is 1. The molecule has 0 aliphatic heterocycles. The Kier molecular flexibility index (Phi) is 47.3. The van der Waals surface area contributed by atoms with E-state index in [0.29, 0.717) is 30.3 Å². The molecular weight excluding hydrogens is 892 g/mol. The molecule has 0 rings (SSSR count). The number of nitrogens with zero attached hydrogens (tertiary/aromatic N) is 1. The topological polar surface area (TPSA) is 111 Å². The van der Waals surface area contributed by atoms with Crippen molar-refractivity contribution in [1.29, 1.82) is 0 Å². The number of likely N-dealkylation sites (N-methyl/N-ethyl adjacent to an activating group) is 1. The number of carbonyl (C=O) groups excluding carboxylic acids is 2. The molecule has 0 spiro atoms. The monoisotopic (exact) mass is 998 g/mol. The number of allylic oxidation sites excluding steroid dienone is 15. The standard InChI is InChI=1S/C60H105N2O7P/c1-7-10-13-16-19-22-25-27-29-30-31-32-33-35-38-41-44-47-50-53-60(64)69-58(51-48-45-42-39-36-24-21-18-15-12-9-3)57(56-68-70(65,66)67-55-54-62(4,5)6)61-59(63)52-49-46-43-40-37-34-28-26-23-20-17-14-11-8-2/h11,14,19-20,22-23,27-29,31-32,34-35,38,48,51,57-58H,7-10,12-13,15-18,21,24-26,30,33,36-37,39-47,49-50,52-56H2,1-6H3,(H-,61,63,65,66)/p+1/b14-11+,22-19-,23-20+,29-27-,32-31-,34-28+,38-35-,51-48+. The number of hydrogen-bond acceptors (Lipinski definition) is 6. The van der Waals surface area contributed by atoms with Gasteiger partial charge in [0.2, 0.25) is 5.91 Å². The van der Waals surface area contributed by atoms with E-state index in [1.165, 1.54) is 70.6 Å². The molecule has 0 aliphatic rings. The van der Waals surface area contributed by atoms with Gasteiger partial charge in [0.1, 0.15) is 19.3 Å². The van der Waals surface area contributed by atoms with Gasteiger partial charge in [-0.2, -0.15) is 0 Å². The molecule has 10 heteroatoms. The molecule has 0 aromatic heterocycles. The number of phosphoric ester groups is 1. The van der Waals surface area contributed by atoms with Crippen LogP contribution < -0.4 is 5.32 Å². The lowest BCUT2D eigenvalue weighted by atomic mass is 10.1. The van der Waals surface area contributed by atoms with Gasteiger partial charge in [0, 0.05) is 12.8 Å². The third-order valence-electron chi connectivity index (χ3n) is 11.8. The molecule has 70 heavy (non-hydrogen) atoms. The molecule has 0 saturated carbocycles. The Labute approximate surface area is 430 Å². The van der Waals surface area contributed by atoms with Gasteiger partial charge >= 0.3 is 13.8 Å². The van der Waals surface area contributed by atoms with Crippen LogP contribution in [-0.2, 0) is 27.9 Å². The number of hydrogen-bond donors (Lipinski definition) is 2. The Bertz CT molecular complexity index is 1520. The number of rotatable bonds is 49. The zero-order valence-electron chi connectivity index (χ0n) is 45.7. The van der Waals surface area contributed by atoms with E-state index in [9.17, 15) is 19.0 Å². The van der Waals surface area contributed by atoms with Crippen LogP contribution in [0.2, 0.25) is 0 Å². The van der Waals surface area contributed by atoms with Crippen LogP contribution in [0.25, 0.3) is 0 Å². The van der Waals surface area contributed by atoms with E-state index in [-0.39, 0.29) is 31.5 Å². The number of esters is 1. The fourth-order valence-corrected chi connectivity index (χ4v) is 8.14. The van der Waals surface area contributed by atoms with Gasteiger partial charge in [0.05, 0.1) is 33.8 Å². The summed E-state index contributed by atoms with van der Waals surface area (Å²) in [5.41, 5.74) is 0. The first-order chi connectivity index (χ1) is 33.9. The van der Waals surface area contributed by atoms with Crippen molar-refractivity contribution >= 4 is 19.7 Å². The third kappa shape index (κ3) is 49.9. The molecule has 402 valence electrons. The predicted octanol–water partition coefficient (Wildman–Crippen LogP) is 16.8. The number of unbranched alkanes of at least 4 members (excludes halogenated alkanes) is 19. The largest absolute Gasteiger partial charge is 0.472 e. The van der Waals surface area contributed by atoms with Crippen molar-refractivity contribution in [3.05, 3.63) is 97.2 Å². The highest BCUT2D eigenvalue weighted by Gasteiger charge is 2.30. The SMILES string of the molecule is CC/C=C/C/C=C/C/C=C/CCCCCCC(=O)NC(COP(=O)(O)OCC[N+](C)(C)C)C(/C=C/CCCCCCCCCCC)OC(=O)CCCCC/C=C\C/C=C\C/C=C\C/C=C\CCCCC. The number of ether oxygens (including phenoxy) is 1. The summed E-state index contributed by atoms with van der Waals surface area (Å²) in [7, 11) is 1.45. The zero-order valence-corrected chi connectivity index (χ0v) is 46.6. The van der Waals surface area contributed by atoms with Gasteiger partial charge in [0.15, 0.2) is 0 Å². The Morgan fingerprint density at radius 3 is 1.41 bits per heavy atom. The molecule has 0 aliphatic carbocycles. The Hall–Kier alpha value is -3.07. The summed E-state index contributed by atoms with van der Waals surface area (Å²) < 4.78 is 30.5. The van der Waals surface area contributed by atoms with Gasteiger partial charge in [0.25, 0.3) is 0 Å². The smallest absolute Gasteiger partial charge is 0.456 e. The van der Waals surface area contributed by atoms with Crippen LogP contribution >= 0.6 is 7.82 Å². The first-order valence-corrected chi connectivity index (χ1v) is 29.6. The van der Waals surface area contributed by atoms with Crippen molar-refractivity contribution in [2.24, 2.45) is 0 Å². The summed E-state index contributed by atoms with van der Waals surface area (Å²) in [5, 5.41) is 3.02. The van der Waals surface area contributed by atoms with Crippen LogP contribution in [0.4, 0.5) is 0 Å². The molecule has 9 nitrogen and oxygen atoms in total. The normalized spacial score (nSPS) is 14.6. The van der Waals surface area contributed by atoms with E-state index >= 15 is 0 Å². The van der Waals surface area contributed by atoms with Gasteiger partial charge in [-0.15, -0.1) is 0 Å². The molecule has 0 saturated heterocycles. The maximum absolute atomic E-state index is 13.5. The molecule has 0 bridgehead atoms. The average molecular weight is 998 g/mol. The first kappa shape index (κ1) is 66.9.